The predicted molar refractivity (Wildman–Crippen MR) is 131 cm³/mol. The van der Waals surface area contributed by atoms with Crippen molar-refractivity contribution in [2.45, 2.75) is 64.5 Å². The van der Waals surface area contributed by atoms with Gasteiger partial charge in [0, 0.05) is 16.9 Å². The summed E-state index contributed by atoms with van der Waals surface area (Å²) in [6.07, 6.45) is 5.57. The third-order valence-electron chi connectivity index (χ3n) is 6.96. The Bertz CT molecular complexity index is 1170. The normalized spacial score (nSPS) is 18.5. The van der Waals surface area contributed by atoms with E-state index in [0.29, 0.717) is 11.3 Å². The van der Waals surface area contributed by atoms with Gasteiger partial charge in [-0.05, 0) is 72.4 Å². The minimum atomic E-state index is -4.71. The lowest BCUT2D eigenvalue weighted by Gasteiger charge is -2.25. The molecule has 3 aromatic rings. The first-order valence-corrected chi connectivity index (χ1v) is 12.3. The molecular weight excluding hydrogens is 436 g/mol. The van der Waals surface area contributed by atoms with Crippen LogP contribution in [0.25, 0.3) is 21.9 Å². The molecule has 4 heteroatoms. The molecule has 1 fully saturated rings. The summed E-state index contributed by atoms with van der Waals surface area (Å²) in [6, 6.07) is 14.8. The molecule has 0 bridgehead atoms. The van der Waals surface area contributed by atoms with E-state index in [9.17, 15) is 17.6 Å². The van der Waals surface area contributed by atoms with Crippen molar-refractivity contribution >= 4 is 10.8 Å². The summed E-state index contributed by atoms with van der Waals surface area (Å²) in [6.45, 7) is 2.25. The minimum absolute atomic E-state index is 0.0267. The largest absolute Gasteiger partial charge is 0.419 e. The van der Waals surface area contributed by atoms with Crippen molar-refractivity contribution in [3.63, 3.8) is 0 Å². The Kier molecular flexibility index (Phi) is 7.61. The van der Waals surface area contributed by atoms with Crippen molar-refractivity contribution in [3.8, 4) is 23.0 Å². The van der Waals surface area contributed by atoms with Crippen molar-refractivity contribution in [2.75, 3.05) is 0 Å². The van der Waals surface area contributed by atoms with E-state index in [4.69, 9.17) is 0 Å². The Hall–Kier alpha value is -2.80. The summed E-state index contributed by atoms with van der Waals surface area (Å²) in [4.78, 5) is 0. The van der Waals surface area contributed by atoms with Crippen molar-refractivity contribution in [1.82, 2.24) is 0 Å². The van der Waals surface area contributed by atoms with Crippen LogP contribution in [0.2, 0.25) is 0 Å². The van der Waals surface area contributed by atoms with Crippen molar-refractivity contribution < 1.29 is 17.6 Å². The zero-order chi connectivity index (χ0) is 24.1. The number of halogens is 4. The molecule has 178 valence electrons. The van der Waals surface area contributed by atoms with Gasteiger partial charge in [-0.15, -0.1) is 0 Å². The molecule has 0 spiro atoms. The standard InChI is InChI=1S/C30H30F4/c1-2-3-4-5-21-6-8-22(9-7-21)10-11-23-12-14-24(15-13-23)25-16-18-27-26(20-25)17-19-28(29(27)31)30(32,33)34/h12-22H,2-9H2,1H3. The maximum Gasteiger partial charge on any atom is 0.419 e. The first kappa shape index (κ1) is 24.3. The van der Waals surface area contributed by atoms with Gasteiger partial charge in [-0.2, -0.15) is 13.2 Å². The summed E-state index contributed by atoms with van der Waals surface area (Å²) in [5.41, 5.74) is 1.46. The van der Waals surface area contributed by atoms with Gasteiger partial charge in [-0.25, -0.2) is 4.39 Å². The van der Waals surface area contributed by atoms with Crippen LogP contribution in [0.3, 0.4) is 0 Å². The monoisotopic (exact) mass is 466 g/mol. The van der Waals surface area contributed by atoms with E-state index in [1.54, 1.807) is 12.1 Å². The first-order valence-electron chi connectivity index (χ1n) is 12.3. The van der Waals surface area contributed by atoms with Gasteiger partial charge in [-0.1, -0.05) is 74.8 Å². The third-order valence-corrected chi connectivity index (χ3v) is 6.96. The topological polar surface area (TPSA) is 0 Å². The smallest absolute Gasteiger partial charge is 0.206 e. The third kappa shape index (κ3) is 5.81. The minimum Gasteiger partial charge on any atom is -0.206 e. The Morgan fingerprint density at radius 1 is 0.853 bits per heavy atom. The van der Waals surface area contributed by atoms with Crippen LogP contribution in [0.4, 0.5) is 17.6 Å². The molecule has 34 heavy (non-hydrogen) atoms. The Balaban J connectivity index is 1.41. The fraction of sp³-hybridized carbons (Fsp3) is 0.400. The molecule has 1 aliphatic carbocycles. The van der Waals surface area contributed by atoms with Crippen LogP contribution in [-0.2, 0) is 6.18 Å². The van der Waals surface area contributed by atoms with Crippen LogP contribution in [0.1, 0.15) is 69.4 Å². The van der Waals surface area contributed by atoms with Crippen LogP contribution in [-0.4, -0.2) is 0 Å². The number of rotatable bonds is 5. The van der Waals surface area contributed by atoms with Crippen molar-refractivity contribution in [2.24, 2.45) is 11.8 Å². The second-order valence-corrected chi connectivity index (χ2v) is 9.42. The van der Waals surface area contributed by atoms with Gasteiger partial charge in [0.1, 0.15) is 5.82 Å². The predicted octanol–water partition coefficient (Wildman–Crippen LogP) is 9.40. The second kappa shape index (κ2) is 10.6. The van der Waals surface area contributed by atoms with Crippen molar-refractivity contribution in [3.05, 3.63) is 71.5 Å². The maximum absolute atomic E-state index is 14.3. The lowest BCUT2D eigenvalue weighted by molar-refractivity contribution is -0.139. The molecule has 0 saturated heterocycles. The van der Waals surface area contributed by atoms with Crippen LogP contribution in [0, 0.1) is 29.5 Å². The number of alkyl halides is 3. The fourth-order valence-electron chi connectivity index (χ4n) is 4.90. The highest BCUT2D eigenvalue weighted by Gasteiger charge is 2.34. The summed E-state index contributed by atoms with van der Waals surface area (Å²) in [5.74, 6) is 6.88. The quantitative estimate of drug-likeness (QED) is 0.200. The molecule has 0 aliphatic heterocycles. The van der Waals surface area contributed by atoms with Crippen LogP contribution < -0.4 is 0 Å². The SMILES string of the molecule is CCCCCC1CCC(C#Cc2ccc(-c3ccc4c(F)c(C(F)(F)F)ccc4c3)cc2)CC1. The van der Waals surface area contributed by atoms with E-state index in [1.165, 1.54) is 63.5 Å². The lowest BCUT2D eigenvalue weighted by Crippen LogP contribution is -2.13. The van der Waals surface area contributed by atoms with Gasteiger partial charge >= 0.3 is 6.18 Å². The number of hydrogen-bond donors (Lipinski definition) is 0. The molecule has 0 aromatic heterocycles. The Morgan fingerprint density at radius 3 is 2.24 bits per heavy atom. The molecule has 1 aliphatic rings. The molecule has 1 saturated carbocycles. The summed E-state index contributed by atoms with van der Waals surface area (Å²) in [7, 11) is 0. The highest BCUT2D eigenvalue weighted by molar-refractivity contribution is 5.88. The van der Waals surface area contributed by atoms with Gasteiger partial charge in [0.15, 0.2) is 0 Å². The summed E-state index contributed by atoms with van der Waals surface area (Å²) in [5, 5.41) is 0.415. The zero-order valence-electron chi connectivity index (χ0n) is 19.5. The molecule has 0 radical (unpaired) electrons. The highest BCUT2D eigenvalue weighted by atomic mass is 19.4. The molecule has 3 aromatic carbocycles. The van der Waals surface area contributed by atoms with E-state index in [0.717, 1.165) is 28.7 Å². The maximum atomic E-state index is 14.3. The molecule has 0 atom stereocenters. The van der Waals surface area contributed by atoms with Crippen LogP contribution >= 0.6 is 0 Å². The molecule has 0 heterocycles. The zero-order valence-corrected chi connectivity index (χ0v) is 19.5. The van der Waals surface area contributed by atoms with E-state index in [1.807, 2.05) is 24.3 Å². The molecular formula is C30H30F4. The van der Waals surface area contributed by atoms with Gasteiger partial charge < -0.3 is 0 Å². The average Bonchev–Trinajstić information content (AvgIpc) is 2.83. The molecule has 0 nitrogen and oxygen atoms in total. The van der Waals surface area contributed by atoms with E-state index >= 15 is 0 Å². The Morgan fingerprint density at radius 2 is 1.56 bits per heavy atom. The van der Waals surface area contributed by atoms with Gasteiger partial charge in [0.2, 0.25) is 0 Å². The van der Waals surface area contributed by atoms with Crippen LogP contribution in [0.15, 0.2) is 54.6 Å². The molecule has 0 amide bonds. The van der Waals surface area contributed by atoms with Crippen molar-refractivity contribution in [1.29, 1.82) is 0 Å². The lowest BCUT2D eigenvalue weighted by atomic mass is 9.80. The Labute approximate surface area is 199 Å². The van der Waals surface area contributed by atoms with Gasteiger partial charge in [0.25, 0.3) is 0 Å². The van der Waals surface area contributed by atoms with E-state index < -0.39 is 17.6 Å². The van der Waals surface area contributed by atoms with E-state index in [-0.39, 0.29) is 5.39 Å². The summed E-state index contributed by atoms with van der Waals surface area (Å²) < 4.78 is 53.2. The fourth-order valence-corrected chi connectivity index (χ4v) is 4.90. The molecule has 0 N–H and O–H groups in total. The first-order chi connectivity index (χ1) is 16.3. The number of benzene rings is 3. The summed E-state index contributed by atoms with van der Waals surface area (Å²) >= 11 is 0. The molecule has 4 rings (SSSR count). The van der Waals surface area contributed by atoms with Gasteiger partial charge in [0.05, 0.1) is 5.56 Å². The number of unbranched alkanes of at least 4 members (excludes halogenated alkanes) is 2. The average molecular weight is 467 g/mol. The molecule has 0 unspecified atom stereocenters. The number of hydrogen-bond acceptors (Lipinski definition) is 0. The van der Waals surface area contributed by atoms with E-state index in [2.05, 4.69) is 18.8 Å². The van der Waals surface area contributed by atoms with Gasteiger partial charge in [-0.3, -0.25) is 0 Å². The highest BCUT2D eigenvalue weighted by Crippen LogP contribution is 2.36. The van der Waals surface area contributed by atoms with Crippen LogP contribution in [0.5, 0.6) is 0 Å². The second-order valence-electron chi connectivity index (χ2n) is 9.42. The number of fused-ring (bicyclic) bond motifs is 1.